The number of rotatable bonds is 4. The van der Waals surface area contributed by atoms with Crippen LogP contribution in [0.4, 0.5) is 18.0 Å². The summed E-state index contributed by atoms with van der Waals surface area (Å²) >= 11 is 0. The minimum Gasteiger partial charge on any atom is -0.480 e. The smallest absolute Gasteiger partial charge is 0.406 e. The highest BCUT2D eigenvalue weighted by Gasteiger charge is 2.46. The Morgan fingerprint density at radius 1 is 1.33 bits per heavy atom. The van der Waals surface area contributed by atoms with Gasteiger partial charge in [0, 0.05) is 13.1 Å². The lowest BCUT2D eigenvalue weighted by Gasteiger charge is -2.43. The molecule has 122 valence electrons. The third kappa shape index (κ3) is 4.25. The van der Waals surface area contributed by atoms with E-state index in [1.807, 2.05) is 0 Å². The molecule has 1 saturated heterocycles. The summed E-state index contributed by atoms with van der Waals surface area (Å²) in [5.41, 5.74) is -1.44. The number of carboxylic acids is 1. The van der Waals surface area contributed by atoms with E-state index in [9.17, 15) is 27.9 Å². The molecule has 0 aromatic heterocycles. The van der Waals surface area contributed by atoms with Crippen LogP contribution in [0.15, 0.2) is 0 Å². The number of halogens is 3. The predicted molar refractivity (Wildman–Crippen MR) is 69.9 cm³/mol. The van der Waals surface area contributed by atoms with Crippen molar-refractivity contribution in [3.63, 3.8) is 0 Å². The Balaban J connectivity index is 2.97. The van der Waals surface area contributed by atoms with Crippen molar-refractivity contribution in [3.8, 4) is 0 Å². The average molecular weight is 310 g/mol. The molecule has 1 aliphatic heterocycles. The van der Waals surface area contributed by atoms with Crippen LogP contribution in [-0.4, -0.2) is 58.3 Å². The number of urea groups is 1. The number of piperidine rings is 1. The lowest BCUT2D eigenvalue weighted by molar-refractivity contribution is -0.152. The van der Waals surface area contributed by atoms with Gasteiger partial charge in [-0.1, -0.05) is 6.92 Å². The van der Waals surface area contributed by atoms with Crippen molar-refractivity contribution in [2.75, 3.05) is 19.6 Å². The number of hydrogen-bond donors (Lipinski definition) is 1. The van der Waals surface area contributed by atoms with E-state index in [-0.39, 0.29) is 19.5 Å². The molecule has 0 spiro atoms. The van der Waals surface area contributed by atoms with Gasteiger partial charge < -0.3 is 14.9 Å². The van der Waals surface area contributed by atoms with Crippen LogP contribution in [0.5, 0.6) is 0 Å². The second-order valence-corrected chi connectivity index (χ2v) is 5.51. The molecule has 1 unspecified atom stereocenters. The molecule has 8 heteroatoms. The molecule has 1 atom stereocenters. The summed E-state index contributed by atoms with van der Waals surface area (Å²) in [6.45, 7) is 1.82. The monoisotopic (exact) mass is 310 g/mol. The van der Waals surface area contributed by atoms with E-state index in [0.29, 0.717) is 24.2 Å². The summed E-state index contributed by atoms with van der Waals surface area (Å²) < 4.78 is 37.7. The Kier molecular flexibility index (Phi) is 5.47. The zero-order chi connectivity index (χ0) is 16.3. The van der Waals surface area contributed by atoms with Crippen LogP contribution in [0, 0.1) is 0 Å². The van der Waals surface area contributed by atoms with E-state index < -0.39 is 30.3 Å². The molecular formula is C13H21F3N2O3. The number of carboxylic acid groups (broad SMARTS) is 1. The number of nitrogens with zero attached hydrogens (tertiary/aromatic N) is 2. The van der Waals surface area contributed by atoms with Crippen LogP contribution < -0.4 is 0 Å². The Labute approximate surface area is 121 Å². The molecule has 0 radical (unpaired) electrons. The highest BCUT2D eigenvalue weighted by atomic mass is 19.4. The normalized spacial score (nSPS) is 23.0. The standard InChI is InChI=1S/C13H21F3N2O3/c1-3-7-17(9-13(14,15)16)11(21)18-8-5-4-6-12(18,2)10(19)20/h3-9H2,1-2H3,(H,19,20). The molecule has 1 heterocycles. The fourth-order valence-electron chi connectivity index (χ4n) is 2.55. The first-order chi connectivity index (χ1) is 9.62. The van der Waals surface area contributed by atoms with Crippen molar-refractivity contribution in [3.05, 3.63) is 0 Å². The average Bonchev–Trinajstić information content (AvgIpc) is 2.36. The number of carbonyl (C=O) groups excluding carboxylic acids is 1. The summed E-state index contributed by atoms with van der Waals surface area (Å²) in [5, 5.41) is 9.33. The van der Waals surface area contributed by atoms with Crippen LogP contribution in [-0.2, 0) is 4.79 Å². The summed E-state index contributed by atoms with van der Waals surface area (Å²) in [7, 11) is 0. The van der Waals surface area contributed by atoms with Crippen molar-refractivity contribution >= 4 is 12.0 Å². The van der Waals surface area contributed by atoms with E-state index in [1.165, 1.54) is 6.92 Å². The summed E-state index contributed by atoms with van der Waals surface area (Å²) in [6, 6.07) is -0.848. The van der Waals surface area contributed by atoms with Gasteiger partial charge in [-0.3, -0.25) is 0 Å². The number of likely N-dealkylation sites (tertiary alicyclic amines) is 1. The van der Waals surface area contributed by atoms with Gasteiger partial charge in [0.15, 0.2) is 0 Å². The van der Waals surface area contributed by atoms with Gasteiger partial charge in [0.1, 0.15) is 12.1 Å². The lowest BCUT2D eigenvalue weighted by atomic mass is 9.89. The number of hydrogen-bond acceptors (Lipinski definition) is 2. The van der Waals surface area contributed by atoms with Crippen molar-refractivity contribution in [1.29, 1.82) is 0 Å². The van der Waals surface area contributed by atoms with Crippen LogP contribution in [0.25, 0.3) is 0 Å². The number of carbonyl (C=O) groups is 2. The summed E-state index contributed by atoms with van der Waals surface area (Å²) in [6.07, 6.45) is -2.64. The molecule has 1 fully saturated rings. The van der Waals surface area contributed by atoms with Crippen molar-refractivity contribution in [2.45, 2.75) is 51.2 Å². The molecule has 1 N–H and O–H groups in total. The SMILES string of the molecule is CCCN(CC(F)(F)F)C(=O)N1CCCCC1(C)C(=O)O. The fraction of sp³-hybridized carbons (Fsp3) is 0.846. The highest BCUT2D eigenvalue weighted by molar-refractivity contribution is 5.86. The number of alkyl halides is 3. The zero-order valence-corrected chi connectivity index (χ0v) is 12.2. The lowest BCUT2D eigenvalue weighted by Crippen LogP contribution is -2.61. The molecule has 0 aliphatic carbocycles. The van der Waals surface area contributed by atoms with Crippen LogP contribution in [0.2, 0.25) is 0 Å². The Morgan fingerprint density at radius 3 is 2.43 bits per heavy atom. The highest BCUT2D eigenvalue weighted by Crippen LogP contribution is 2.30. The van der Waals surface area contributed by atoms with E-state index >= 15 is 0 Å². The molecule has 1 rings (SSSR count). The van der Waals surface area contributed by atoms with Gasteiger partial charge in [0.2, 0.25) is 0 Å². The van der Waals surface area contributed by atoms with Gasteiger partial charge in [-0.2, -0.15) is 13.2 Å². The predicted octanol–water partition coefficient (Wildman–Crippen LogP) is 2.71. The molecular weight excluding hydrogens is 289 g/mol. The molecule has 0 bridgehead atoms. The second kappa shape index (κ2) is 6.53. The minimum atomic E-state index is -4.50. The Bertz CT molecular complexity index is 401. The first-order valence-electron chi connectivity index (χ1n) is 6.98. The van der Waals surface area contributed by atoms with E-state index in [0.717, 1.165) is 4.90 Å². The maximum Gasteiger partial charge on any atom is 0.406 e. The van der Waals surface area contributed by atoms with E-state index in [4.69, 9.17) is 0 Å². The minimum absolute atomic E-state index is 0.0510. The maximum absolute atomic E-state index is 12.6. The maximum atomic E-state index is 12.6. The van der Waals surface area contributed by atoms with Crippen molar-refractivity contribution in [2.24, 2.45) is 0 Å². The molecule has 5 nitrogen and oxygen atoms in total. The van der Waals surface area contributed by atoms with Crippen LogP contribution >= 0.6 is 0 Å². The second-order valence-electron chi connectivity index (χ2n) is 5.51. The van der Waals surface area contributed by atoms with Crippen LogP contribution in [0.3, 0.4) is 0 Å². The molecule has 21 heavy (non-hydrogen) atoms. The fourth-order valence-corrected chi connectivity index (χ4v) is 2.55. The van der Waals surface area contributed by atoms with Crippen LogP contribution in [0.1, 0.15) is 39.5 Å². The van der Waals surface area contributed by atoms with Gasteiger partial charge in [-0.15, -0.1) is 0 Å². The molecule has 0 aromatic carbocycles. The Hall–Kier alpha value is -1.47. The number of aliphatic carboxylic acids is 1. The quantitative estimate of drug-likeness (QED) is 0.868. The van der Waals surface area contributed by atoms with E-state index in [1.54, 1.807) is 6.92 Å². The summed E-state index contributed by atoms with van der Waals surface area (Å²) in [5.74, 6) is -1.18. The third-order valence-electron chi connectivity index (χ3n) is 3.72. The van der Waals surface area contributed by atoms with Gasteiger partial charge >= 0.3 is 18.2 Å². The summed E-state index contributed by atoms with van der Waals surface area (Å²) in [4.78, 5) is 25.6. The Morgan fingerprint density at radius 2 is 1.95 bits per heavy atom. The first-order valence-corrected chi connectivity index (χ1v) is 6.98. The van der Waals surface area contributed by atoms with Gasteiger partial charge in [0.05, 0.1) is 0 Å². The zero-order valence-electron chi connectivity index (χ0n) is 12.2. The first kappa shape index (κ1) is 17.6. The molecule has 2 amide bonds. The third-order valence-corrected chi connectivity index (χ3v) is 3.72. The van der Waals surface area contributed by atoms with Gasteiger partial charge in [-0.25, -0.2) is 9.59 Å². The topological polar surface area (TPSA) is 60.9 Å². The molecule has 0 aromatic rings. The van der Waals surface area contributed by atoms with Gasteiger partial charge in [-0.05, 0) is 32.6 Å². The largest absolute Gasteiger partial charge is 0.480 e. The molecule has 1 aliphatic rings. The number of amides is 2. The van der Waals surface area contributed by atoms with Gasteiger partial charge in [0.25, 0.3) is 0 Å². The van der Waals surface area contributed by atoms with E-state index in [2.05, 4.69) is 0 Å². The van der Waals surface area contributed by atoms with Crippen molar-refractivity contribution in [1.82, 2.24) is 9.80 Å². The van der Waals surface area contributed by atoms with Crippen molar-refractivity contribution < 1.29 is 27.9 Å². The molecule has 0 saturated carbocycles.